The summed E-state index contributed by atoms with van der Waals surface area (Å²) >= 11 is 0. The molecule has 0 saturated carbocycles. The van der Waals surface area contributed by atoms with Gasteiger partial charge in [-0.2, -0.15) is 0 Å². The van der Waals surface area contributed by atoms with Crippen molar-refractivity contribution in [1.82, 2.24) is 14.4 Å². The molecule has 0 spiro atoms. The lowest BCUT2D eigenvalue weighted by molar-refractivity contribution is -0.105. The van der Waals surface area contributed by atoms with Crippen molar-refractivity contribution in [3.8, 4) is 11.3 Å². The molecule has 0 aliphatic carbocycles. The number of anilines is 1. The van der Waals surface area contributed by atoms with Gasteiger partial charge in [-0.15, -0.1) is 0 Å². The Morgan fingerprint density at radius 1 is 1.28 bits per heavy atom. The van der Waals surface area contributed by atoms with E-state index < -0.39 is 0 Å². The number of nitrogens with zero attached hydrogens (tertiary/aromatic N) is 3. The van der Waals surface area contributed by atoms with Gasteiger partial charge in [-0.05, 0) is 18.2 Å². The Bertz CT molecular complexity index is 672. The van der Waals surface area contributed by atoms with Gasteiger partial charge in [0.05, 0.1) is 5.69 Å². The number of aromatic nitrogens is 3. The van der Waals surface area contributed by atoms with Crippen molar-refractivity contribution in [1.29, 1.82) is 0 Å². The molecular weight excluding hydrogens is 228 g/mol. The van der Waals surface area contributed by atoms with Gasteiger partial charge in [-0.3, -0.25) is 9.20 Å². The molecular formula is C13H10N4O. The van der Waals surface area contributed by atoms with Gasteiger partial charge < -0.3 is 5.32 Å². The van der Waals surface area contributed by atoms with Gasteiger partial charge in [0, 0.05) is 29.8 Å². The zero-order chi connectivity index (χ0) is 12.4. The Balaban J connectivity index is 2.08. The summed E-state index contributed by atoms with van der Waals surface area (Å²) in [7, 11) is 0. The van der Waals surface area contributed by atoms with Crippen LogP contribution in [0.2, 0.25) is 0 Å². The highest BCUT2D eigenvalue weighted by molar-refractivity contribution is 5.75. The van der Waals surface area contributed by atoms with Crippen molar-refractivity contribution >= 4 is 17.9 Å². The van der Waals surface area contributed by atoms with E-state index in [2.05, 4.69) is 15.3 Å². The summed E-state index contributed by atoms with van der Waals surface area (Å²) in [6.07, 6.45) is 6.16. The van der Waals surface area contributed by atoms with Gasteiger partial charge in [-0.1, -0.05) is 12.1 Å². The lowest BCUT2D eigenvalue weighted by atomic mass is 10.1. The topological polar surface area (TPSA) is 59.3 Å². The SMILES string of the molecule is O=CNc1cccc(-c2cn3cccnc3n2)c1. The number of imidazole rings is 1. The molecule has 0 fully saturated rings. The van der Waals surface area contributed by atoms with Crippen LogP contribution in [0.25, 0.3) is 17.0 Å². The zero-order valence-electron chi connectivity index (χ0n) is 9.45. The second-order valence-electron chi connectivity index (χ2n) is 3.80. The Hall–Kier alpha value is -2.69. The van der Waals surface area contributed by atoms with Crippen LogP contribution in [0.1, 0.15) is 0 Å². The first kappa shape index (κ1) is 10.5. The number of amides is 1. The van der Waals surface area contributed by atoms with Crippen LogP contribution < -0.4 is 5.32 Å². The molecule has 0 saturated heterocycles. The average molecular weight is 238 g/mol. The molecule has 1 N–H and O–H groups in total. The quantitative estimate of drug-likeness (QED) is 0.709. The first-order valence-electron chi connectivity index (χ1n) is 5.47. The largest absolute Gasteiger partial charge is 0.329 e. The van der Waals surface area contributed by atoms with Crippen molar-refractivity contribution in [2.45, 2.75) is 0 Å². The molecule has 5 nitrogen and oxygen atoms in total. The van der Waals surface area contributed by atoms with E-state index in [0.29, 0.717) is 12.2 Å². The third kappa shape index (κ3) is 1.82. The molecule has 0 unspecified atom stereocenters. The molecule has 0 aliphatic heterocycles. The lowest BCUT2D eigenvalue weighted by Gasteiger charge is -2.00. The van der Waals surface area contributed by atoms with Crippen LogP contribution in [-0.2, 0) is 4.79 Å². The molecule has 5 heteroatoms. The molecule has 1 amide bonds. The highest BCUT2D eigenvalue weighted by Crippen LogP contribution is 2.21. The highest BCUT2D eigenvalue weighted by atomic mass is 16.1. The predicted molar refractivity (Wildman–Crippen MR) is 68.1 cm³/mol. The Morgan fingerprint density at radius 3 is 3.06 bits per heavy atom. The van der Waals surface area contributed by atoms with Crippen LogP contribution in [0, 0.1) is 0 Å². The van der Waals surface area contributed by atoms with Crippen molar-refractivity contribution in [3.63, 3.8) is 0 Å². The van der Waals surface area contributed by atoms with Crippen LogP contribution in [-0.4, -0.2) is 20.8 Å². The first-order valence-corrected chi connectivity index (χ1v) is 5.47. The monoisotopic (exact) mass is 238 g/mol. The minimum atomic E-state index is 0.654. The summed E-state index contributed by atoms with van der Waals surface area (Å²) in [6, 6.07) is 9.36. The summed E-state index contributed by atoms with van der Waals surface area (Å²) in [4.78, 5) is 19.0. The van der Waals surface area contributed by atoms with Crippen LogP contribution >= 0.6 is 0 Å². The second kappa shape index (κ2) is 4.29. The van der Waals surface area contributed by atoms with E-state index >= 15 is 0 Å². The van der Waals surface area contributed by atoms with E-state index in [1.807, 2.05) is 47.1 Å². The third-order valence-corrected chi connectivity index (χ3v) is 2.62. The molecule has 3 rings (SSSR count). The summed E-state index contributed by atoms with van der Waals surface area (Å²) in [6.45, 7) is 0. The van der Waals surface area contributed by atoms with Crippen LogP contribution in [0.5, 0.6) is 0 Å². The fraction of sp³-hybridized carbons (Fsp3) is 0. The van der Waals surface area contributed by atoms with E-state index in [0.717, 1.165) is 16.9 Å². The van der Waals surface area contributed by atoms with Crippen molar-refractivity contribution in [3.05, 3.63) is 48.9 Å². The van der Waals surface area contributed by atoms with Gasteiger partial charge in [0.2, 0.25) is 12.2 Å². The molecule has 0 atom stereocenters. The number of hydrogen-bond acceptors (Lipinski definition) is 3. The Kier molecular flexibility index (Phi) is 2.49. The molecule has 0 radical (unpaired) electrons. The van der Waals surface area contributed by atoms with Crippen LogP contribution in [0.3, 0.4) is 0 Å². The molecule has 88 valence electrons. The van der Waals surface area contributed by atoms with E-state index in [-0.39, 0.29) is 0 Å². The fourth-order valence-corrected chi connectivity index (χ4v) is 1.81. The number of hydrogen-bond donors (Lipinski definition) is 1. The molecule has 2 heterocycles. The number of carbonyl (C=O) groups excluding carboxylic acids is 1. The van der Waals surface area contributed by atoms with E-state index in [1.54, 1.807) is 6.20 Å². The zero-order valence-corrected chi connectivity index (χ0v) is 9.45. The molecule has 2 aromatic heterocycles. The average Bonchev–Trinajstić information content (AvgIpc) is 2.83. The summed E-state index contributed by atoms with van der Waals surface area (Å²) in [5.74, 6) is 0.654. The predicted octanol–water partition coefficient (Wildman–Crippen LogP) is 1.96. The van der Waals surface area contributed by atoms with Gasteiger partial charge in [0.1, 0.15) is 0 Å². The standard InChI is InChI=1S/C13H10N4O/c18-9-15-11-4-1-3-10(7-11)12-8-17-6-2-5-14-13(17)16-12/h1-9H,(H,15,18). The minimum Gasteiger partial charge on any atom is -0.329 e. The fourth-order valence-electron chi connectivity index (χ4n) is 1.81. The van der Waals surface area contributed by atoms with Gasteiger partial charge in [-0.25, -0.2) is 9.97 Å². The number of nitrogens with one attached hydrogen (secondary N) is 1. The minimum absolute atomic E-state index is 0.654. The summed E-state index contributed by atoms with van der Waals surface area (Å²) < 4.78 is 1.86. The van der Waals surface area contributed by atoms with Crippen molar-refractivity contribution in [2.75, 3.05) is 5.32 Å². The van der Waals surface area contributed by atoms with Crippen molar-refractivity contribution < 1.29 is 4.79 Å². The van der Waals surface area contributed by atoms with Gasteiger partial charge in [0.15, 0.2) is 0 Å². The molecule has 0 bridgehead atoms. The first-order chi connectivity index (χ1) is 8.86. The molecule has 0 aliphatic rings. The summed E-state index contributed by atoms with van der Waals surface area (Å²) in [5, 5.41) is 2.62. The maximum atomic E-state index is 10.4. The highest BCUT2D eigenvalue weighted by Gasteiger charge is 2.05. The smallest absolute Gasteiger partial charge is 0.234 e. The number of rotatable bonds is 3. The lowest BCUT2D eigenvalue weighted by Crippen LogP contribution is -1.93. The molecule has 18 heavy (non-hydrogen) atoms. The molecule has 3 aromatic rings. The van der Waals surface area contributed by atoms with Crippen molar-refractivity contribution in [2.24, 2.45) is 0 Å². The van der Waals surface area contributed by atoms with Gasteiger partial charge in [0.25, 0.3) is 0 Å². The third-order valence-electron chi connectivity index (χ3n) is 2.62. The number of carbonyl (C=O) groups is 1. The normalized spacial score (nSPS) is 10.4. The van der Waals surface area contributed by atoms with Crippen LogP contribution in [0.4, 0.5) is 5.69 Å². The maximum absolute atomic E-state index is 10.4. The molecule has 1 aromatic carbocycles. The number of fused-ring (bicyclic) bond motifs is 1. The summed E-state index contributed by atoms with van der Waals surface area (Å²) in [5.41, 5.74) is 2.50. The number of benzene rings is 1. The van der Waals surface area contributed by atoms with E-state index in [4.69, 9.17) is 0 Å². The second-order valence-corrected chi connectivity index (χ2v) is 3.80. The van der Waals surface area contributed by atoms with Gasteiger partial charge >= 0.3 is 0 Å². The van der Waals surface area contributed by atoms with E-state index in [9.17, 15) is 4.79 Å². The Morgan fingerprint density at radius 2 is 2.22 bits per heavy atom. The maximum Gasteiger partial charge on any atom is 0.234 e. The van der Waals surface area contributed by atoms with Crippen LogP contribution in [0.15, 0.2) is 48.9 Å². The Labute approximate surface area is 103 Å². The van der Waals surface area contributed by atoms with E-state index in [1.165, 1.54) is 0 Å².